The molecule has 2 N–H and O–H groups in total. The van der Waals surface area contributed by atoms with E-state index in [1.807, 2.05) is 4.72 Å². The van der Waals surface area contributed by atoms with Gasteiger partial charge in [0.15, 0.2) is 0 Å². The first kappa shape index (κ1) is 18.0. The average molecular weight is 373 g/mol. The molecule has 0 radical (unpaired) electrons. The van der Waals surface area contributed by atoms with Crippen molar-refractivity contribution >= 4 is 33.2 Å². The SMILES string of the molecule is CN(C)C(=O)c1ccc(NS(=O)(=O)c2cc(Cl)ccc2O)c(F)c1. The molecule has 2 aromatic rings. The van der Waals surface area contributed by atoms with E-state index in [0.717, 1.165) is 24.3 Å². The predicted octanol–water partition coefficient (Wildman–Crippen LogP) is 2.69. The van der Waals surface area contributed by atoms with Crippen LogP contribution in [0.4, 0.5) is 10.1 Å². The predicted molar refractivity (Wildman–Crippen MR) is 88.3 cm³/mol. The molecule has 0 atom stereocenters. The Bertz CT molecular complexity index is 900. The molecule has 0 saturated heterocycles. The van der Waals surface area contributed by atoms with Gasteiger partial charge in [0, 0.05) is 24.7 Å². The second-order valence-corrected chi connectivity index (χ2v) is 7.20. The molecule has 0 heterocycles. The van der Waals surface area contributed by atoms with Crippen LogP contribution in [0.25, 0.3) is 0 Å². The Morgan fingerprint density at radius 3 is 2.46 bits per heavy atom. The summed E-state index contributed by atoms with van der Waals surface area (Å²) in [4.78, 5) is 12.6. The molecule has 24 heavy (non-hydrogen) atoms. The van der Waals surface area contributed by atoms with Gasteiger partial charge in [-0.3, -0.25) is 9.52 Å². The lowest BCUT2D eigenvalue weighted by atomic mass is 10.2. The summed E-state index contributed by atoms with van der Waals surface area (Å²) in [5.74, 6) is -1.87. The zero-order valence-electron chi connectivity index (χ0n) is 12.7. The molecule has 0 bridgehead atoms. The molecule has 128 valence electrons. The van der Waals surface area contributed by atoms with Crippen molar-refractivity contribution < 1.29 is 22.7 Å². The highest BCUT2D eigenvalue weighted by Crippen LogP contribution is 2.28. The van der Waals surface area contributed by atoms with Crippen molar-refractivity contribution in [3.05, 3.63) is 52.8 Å². The van der Waals surface area contributed by atoms with Gasteiger partial charge in [-0.1, -0.05) is 11.6 Å². The highest BCUT2D eigenvalue weighted by atomic mass is 35.5. The maximum atomic E-state index is 14.1. The molecule has 0 saturated carbocycles. The molecule has 2 rings (SSSR count). The fourth-order valence-corrected chi connectivity index (χ4v) is 3.32. The number of aromatic hydroxyl groups is 1. The minimum Gasteiger partial charge on any atom is -0.507 e. The Kier molecular flexibility index (Phi) is 5.00. The number of carbonyl (C=O) groups is 1. The number of amides is 1. The van der Waals surface area contributed by atoms with E-state index in [-0.39, 0.29) is 16.3 Å². The molecule has 0 unspecified atom stereocenters. The molecule has 2 aromatic carbocycles. The minimum atomic E-state index is -4.26. The summed E-state index contributed by atoms with van der Waals surface area (Å²) in [7, 11) is -1.23. The molecule has 0 aromatic heterocycles. The van der Waals surface area contributed by atoms with Crippen LogP contribution >= 0.6 is 11.6 Å². The smallest absolute Gasteiger partial charge is 0.265 e. The fraction of sp³-hybridized carbons (Fsp3) is 0.133. The van der Waals surface area contributed by atoms with E-state index in [1.54, 1.807) is 0 Å². The van der Waals surface area contributed by atoms with Crippen molar-refractivity contribution in [1.29, 1.82) is 0 Å². The van der Waals surface area contributed by atoms with Crippen LogP contribution in [0.15, 0.2) is 41.3 Å². The summed E-state index contributed by atoms with van der Waals surface area (Å²) in [6.45, 7) is 0. The van der Waals surface area contributed by atoms with Gasteiger partial charge < -0.3 is 10.0 Å². The van der Waals surface area contributed by atoms with Crippen molar-refractivity contribution in [2.75, 3.05) is 18.8 Å². The molecule has 1 amide bonds. The van der Waals surface area contributed by atoms with Crippen LogP contribution in [0.5, 0.6) is 5.75 Å². The van der Waals surface area contributed by atoms with Gasteiger partial charge in [0.25, 0.3) is 15.9 Å². The van der Waals surface area contributed by atoms with E-state index in [0.29, 0.717) is 0 Å². The Balaban J connectivity index is 2.37. The number of rotatable bonds is 4. The fourth-order valence-electron chi connectivity index (χ4n) is 1.89. The van der Waals surface area contributed by atoms with E-state index >= 15 is 0 Å². The molecular weight excluding hydrogens is 359 g/mol. The minimum absolute atomic E-state index is 0.0750. The zero-order chi connectivity index (χ0) is 18.1. The second kappa shape index (κ2) is 6.66. The van der Waals surface area contributed by atoms with E-state index < -0.39 is 32.4 Å². The van der Waals surface area contributed by atoms with Gasteiger partial charge in [-0.15, -0.1) is 0 Å². The number of carbonyl (C=O) groups excluding carboxylic acids is 1. The van der Waals surface area contributed by atoms with Crippen molar-refractivity contribution in [3.8, 4) is 5.75 Å². The van der Waals surface area contributed by atoms with Crippen molar-refractivity contribution in [2.45, 2.75) is 4.90 Å². The van der Waals surface area contributed by atoms with Crippen LogP contribution in [0.1, 0.15) is 10.4 Å². The Morgan fingerprint density at radius 2 is 1.88 bits per heavy atom. The second-order valence-electron chi connectivity index (χ2n) is 5.11. The van der Waals surface area contributed by atoms with Gasteiger partial charge in [-0.2, -0.15) is 0 Å². The largest absolute Gasteiger partial charge is 0.507 e. The maximum absolute atomic E-state index is 14.1. The van der Waals surface area contributed by atoms with Crippen molar-refractivity contribution in [1.82, 2.24) is 4.90 Å². The molecule has 0 aliphatic heterocycles. The molecule has 0 aliphatic rings. The normalized spacial score (nSPS) is 11.2. The standard InChI is InChI=1S/C15H14ClFN2O4S/c1-19(2)15(21)9-3-5-12(11(17)7-9)18-24(22,23)14-8-10(16)4-6-13(14)20/h3-8,18,20H,1-2H3. The first-order valence-electron chi connectivity index (χ1n) is 6.64. The number of phenols is 1. The molecule has 9 heteroatoms. The summed E-state index contributed by atoms with van der Waals surface area (Å²) >= 11 is 5.72. The average Bonchev–Trinajstić information content (AvgIpc) is 2.50. The molecular formula is C15H14ClFN2O4S. The van der Waals surface area contributed by atoms with E-state index in [9.17, 15) is 22.7 Å². The van der Waals surface area contributed by atoms with E-state index in [1.165, 1.54) is 31.1 Å². The maximum Gasteiger partial charge on any atom is 0.265 e. The van der Waals surface area contributed by atoms with Gasteiger partial charge in [-0.25, -0.2) is 12.8 Å². The van der Waals surface area contributed by atoms with E-state index in [4.69, 9.17) is 11.6 Å². The quantitative estimate of drug-likeness (QED) is 0.863. The summed E-state index contributed by atoms with van der Waals surface area (Å²) in [5.41, 5.74) is -0.282. The monoisotopic (exact) mass is 372 g/mol. The van der Waals surface area contributed by atoms with Crippen molar-refractivity contribution in [3.63, 3.8) is 0 Å². The Hall–Kier alpha value is -2.32. The zero-order valence-corrected chi connectivity index (χ0v) is 14.3. The number of sulfonamides is 1. The Morgan fingerprint density at radius 1 is 1.21 bits per heavy atom. The van der Waals surface area contributed by atoms with Crippen LogP contribution in [-0.4, -0.2) is 38.4 Å². The third kappa shape index (κ3) is 3.77. The van der Waals surface area contributed by atoms with Crippen LogP contribution in [0.2, 0.25) is 5.02 Å². The number of hydrogen-bond donors (Lipinski definition) is 2. The van der Waals surface area contributed by atoms with E-state index in [2.05, 4.69) is 0 Å². The van der Waals surface area contributed by atoms with Gasteiger partial charge in [0.05, 0.1) is 5.69 Å². The number of phenolic OH excluding ortho intramolecular Hbond substituents is 1. The highest BCUT2D eigenvalue weighted by Gasteiger charge is 2.21. The molecule has 0 aliphatic carbocycles. The lowest BCUT2D eigenvalue weighted by molar-refractivity contribution is 0.0827. The topological polar surface area (TPSA) is 86.7 Å². The highest BCUT2D eigenvalue weighted by molar-refractivity contribution is 7.92. The van der Waals surface area contributed by atoms with Gasteiger partial charge >= 0.3 is 0 Å². The lowest BCUT2D eigenvalue weighted by Crippen LogP contribution is -2.22. The summed E-state index contributed by atoms with van der Waals surface area (Å²) in [6.07, 6.45) is 0. The molecule has 0 spiro atoms. The number of halogens is 2. The summed E-state index contributed by atoms with van der Waals surface area (Å²) < 4.78 is 40.7. The van der Waals surface area contributed by atoms with Crippen LogP contribution < -0.4 is 4.72 Å². The number of nitrogens with zero attached hydrogens (tertiary/aromatic N) is 1. The lowest BCUT2D eigenvalue weighted by Gasteiger charge is -2.13. The van der Waals surface area contributed by atoms with Crippen LogP contribution in [0.3, 0.4) is 0 Å². The third-order valence-corrected chi connectivity index (χ3v) is 4.71. The van der Waals surface area contributed by atoms with Crippen molar-refractivity contribution in [2.24, 2.45) is 0 Å². The molecule has 6 nitrogen and oxygen atoms in total. The number of anilines is 1. The van der Waals surface area contributed by atoms with Gasteiger partial charge in [-0.05, 0) is 36.4 Å². The summed E-state index contributed by atoms with van der Waals surface area (Å²) in [6, 6.07) is 6.83. The number of hydrogen-bond acceptors (Lipinski definition) is 4. The Labute approximate surface area is 143 Å². The number of nitrogens with one attached hydrogen (secondary N) is 1. The first-order chi connectivity index (χ1) is 11.1. The van der Waals surface area contributed by atoms with Crippen LogP contribution in [0, 0.1) is 5.82 Å². The summed E-state index contributed by atoms with van der Waals surface area (Å²) in [5, 5.41) is 9.77. The van der Waals surface area contributed by atoms with Gasteiger partial charge in [0.1, 0.15) is 16.5 Å². The first-order valence-corrected chi connectivity index (χ1v) is 8.50. The number of benzene rings is 2. The third-order valence-electron chi connectivity index (χ3n) is 3.08. The molecule has 0 fully saturated rings. The van der Waals surface area contributed by atoms with Gasteiger partial charge in [0.2, 0.25) is 0 Å². The van der Waals surface area contributed by atoms with Crippen LogP contribution in [-0.2, 0) is 10.0 Å².